The molecule has 0 bridgehead atoms. The molecule has 13 nitrogen and oxygen atoms in total. The molecule has 1 aliphatic heterocycles. The summed E-state index contributed by atoms with van der Waals surface area (Å²) in [4.78, 5) is 23.0. The maximum absolute atomic E-state index is 12.6. The number of hydrogen-bond donors (Lipinski definition) is 1. The molecule has 0 saturated heterocycles. The number of benzene rings is 2. The van der Waals surface area contributed by atoms with E-state index in [9.17, 15) is 36.1 Å². The minimum absolute atomic E-state index is 0. The van der Waals surface area contributed by atoms with Crippen LogP contribution < -0.4 is 98.8 Å². The second-order valence-corrected chi connectivity index (χ2v) is 8.76. The molecule has 3 rings (SSSR count). The van der Waals surface area contributed by atoms with Gasteiger partial charge in [0.25, 0.3) is 16.0 Å². The summed E-state index contributed by atoms with van der Waals surface area (Å²) in [5, 5.41) is 22.9. The molecule has 1 aliphatic rings. The number of hydrogen-bond acceptors (Lipinski definition) is 11. The van der Waals surface area contributed by atoms with Crippen LogP contribution in [0.4, 0.5) is 11.4 Å². The minimum atomic E-state index is -4.67. The molecule has 0 radical (unpaired) electrons. The number of hydrazone groups is 1. The monoisotopic (exact) mass is 535 g/mol. The summed E-state index contributed by atoms with van der Waals surface area (Å²) in [6.45, 7) is 0. The van der Waals surface area contributed by atoms with Gasteiger partial charge in [0, 0.05) is 0 Å². The molecule has 1 N–H and O–H groups in total. The number of carboxylic acids is 1. The Bertz CT molecular complexity index is 1330. The molecule has 0 fully saturated rings. The summed E-state index contributed by atoms with van der Waals surface area (Å²) in [5.74, 6) is -2.75. The van der Waals surface area contributed by atoms with E-state index >= 15 is 0 Å². The number of rotatable bonds is 6. The van der Waals surface area contributed by atoms with Crippen molar-refractivity contribution in [2.75, 3.05) is 5.01 Å². The molecular formula is C16H10N4Na3O9S2+. The van der Waals surface area contributed by atoms with E-state index in [1.807, 2.05) is 0 Å². The number of carbonyl (C=O) groups excluding carboxylic acids is 2. The first-order valence-corrected chi connectivity index (χ1v) is 10.9. The van der Waals surface area contributed by atoms with Crippen molar-refractivity contribution in [3.63, 3.8) is 0 Å². The molecule has 0 aliphatic carbocycles. The summed E-state index contributed by atoms with van der Waals surface area (Å²) in [7, 11) is -9.15. The first kappa shape index (κ1) is 33.5. The van der Waals surface area contributed by atoms with Crippen LogP contribution in [0.5, 0.6) is 0 Å². The van der Waals surface area contributed by atoms with Crippen molar-refractivity contribution in [2.24, 2.45) is 15.3 Å². The molecule has 34 heavy (non-hydrogen) atoms. The number of azo groups is 1. The third-order valence-electron chi connectivity index (χ3n) is 3.91. The molecule has 0 spiro atoms. The Morgan fingerprint density at radius 2 is 1.44 bits per heavy atom. The molecule has 0 aromatic heterocycles. The van der Waals surface area contributed by atoms with Gasteiger partial charge in [-0.15, -0.1) is 0 Å². The Labute approximate surface area is 260 Å². The van der Waals surface area contributed by atoms with Gasteiger partial charge in [0.05, 0.1) is 27.1 Å². The van der Waals surface area contributed by atoms with E-state index in [0.717, 1.165) is 48.5 Å². The van der Waals surface area contributed by atoms with Gasteiger partial charge in [-0.3, -0.25) is 9.35 Å². The standard InChI is InChI=1S/C16H12N4O9S2.3Na/c21-15-13(18-17-9-1-5-11(6-2-9)30(24,25)26)14(16(22)23)19-20(15)10-3-7-12(8-4-10)31(27,28)29;;;/h1-8,13H,(H,22,23)(H,24,25,26)(H,27,28,29);;;/q;3*+1/p-2. The van der Waals surface area contributed by atoms with Crippen LogP contribution in [-0.2, 0) is 29.8 Å². The smallest absolute Gasteiger partial charge is 0.744 e. The molecule has 2 aromatic carbocycles. The van der Waals surface area contributed by atoms with Gasteiger partial charge < -0.3 is 14.5 Å². The molecular weight excluding hydrogens is 525 g/mol. The van der Waals surface area contributed by atoms with Gasteiger partial charge >= 0.3 is 88.7 Å². The first-order valence-electron chi connectivity index (χ1n) is 8.06. The second-order valence-electron chi connectivity index (χ2n) is 5.96. The summed E-state index contributed by atoms with van der Waals surface area (Å²) in [6, 6.07) is 6.64. The van der Waals surface area contributed by atoms with Crippen LogP contribution in [0.25, 0.3) is 0 Å². The van der Waals surface area contributed by atoms with Gasteiger partial charge in [0.15, 0.2) is 6.04 Å². The van der Waals surface area contributed by atoms with Gasteiger partial charge in [0.1, 0.15) is 15.8 Å². The number of nitrogens with zero attached hydrogens (tertiary/aromatic N) is 4. The zero-order chi connectivity index (χ0) is 23.0. The van der Waals surface area contributed by atoms with Crippen LogP contribution in [0, 0.1) is 0 Å². The predicted octanol–water partition coefficient (Wildman–Crippen LogP) is -9.55. The largest absolute Gasteiger partial charge is 1.00 e. The molecule has 1 unspecified atom stereocenters. The minimum Gasteiger partial charge on any atom is -0.744 e. The number of carboxylic acid groups (broad SMARTS) is 1. The van der Waals surface area contributed by atoms with E-state index in [4.69, 9.17) is 4.55 Å². The fourth-order valence-corrected chi connectivity index (χ4v) is 3.40. The summed E-state index contributed by atoms with van der Waals surface area (Å²) in [5.41, 5.74) is -0.765. The Morgan fingerprint density at radius 3 is 1.88 bits per heavy atom. The molecule has 0 saturated carbocycles. The van der Waals surface area contributed by atoms with Gasteiger partial charge in [-0.05, 0) is 48.5 Å². The summed E-state index contributed by atoms with van der Waals surface area (Å²) >= 11 is 0. The molecule has 1 atom stereocenters. The average molecular weight is 535 g/mol. The average Bonchev–Trinajstić information content (AvgIpc) is 3.02. The van der Waals surface area contributed by atoms with Crippen molar-refractivity contribution < 1.29 is 129 Å². The SMILES string of the molecule is O=C([O-])C1=NN(c2ccc(S(=O)(=O)O)cc2)C(=O)C1N=Nc1ccc(S(=O)(=O)[O-])cc1.[Na+].[Na+].[Na+]. The van der Waals surface area contributed by atoms with E-state index in [1.54, 1.807) is 0 Å². The first-order chi connectivity index (χ1) is 14.4. The Hall–Kier alpha value is -0.530. The van der Waals surface area contributed by atoms with Crippen molar-refractivity contribution in [1.82, 2.24) is 0 Å². The number of anilines is 1. The number of aliphatic carboxylic acids is 1. The third kappa shape index (κ3) is 7.99. The Kier molecular flexibility index (Phi) is 12.9. The summed E-state index contributed by atoms with van der Waals surface area (Å²) in [6.07, 6.45) is 0. The van der Waals surface area contributed by atoms with Crippen LogP contribution in [-0.4, -0.2) is 49.6 Å². The van der Waals surface area contributed by atoms with Crippen LogP contribution in [0.1, 0.15) is 0 Å². The fourth-order valence-electron chi connectivity index (χ4n) is 2.45. The van der Waals surface area contributed by atoms with E-state index in [2.05, 4.69) is 15.3 Å². The van der Waals surface area contributed by atoms with Crippen LogP contribution in [0.3, 0.4) is 0 Å². The Morgan fingerprint density at radius 1 is 0.941 bits per heavy atom. The van der Waals surface area contributed by atoms with Gasteiger partial charge in [-0.2, -0.15) is 28.8 Å². The van der Waals surface area contributed by atoms with Gasteiger partial charge in [-0.1, -0.05) is 0 Å². The van der Waals surface area contributed by atoms with Crippen LogP contribution >= 0.6 is 0 Å². The van der Waals surface area contributed by atoms with Crippen molar-refractivity contribution in [2.45, 2.75) is 15.8 Å². The predicted molar refractivity (Wildman–Crippen MR) is 98.9 cm³/mol. The number of carbonyl (C=O) groups is 2. The van der Waals surface area contributed by atoms with Crippen molar-refractivity contribution in [3.8, 4) is 0 Å². The third-order valence-corrected chi connectivity index (χ3v) is 5.63. The molecule has 1 amide bonds. The maximum Gasteiger partial charge on any atom is 1.00 e. The molecule has 18 heteroatoms. The van der Waals surface area contributed by atoms with Crippen molar-refractivity contribution in [1.29, 1.82) is 0 Å². The van der Waals surface area contributed by atoms with Gasteiger partial charge in [-0.25, -0.2) is 8.42 Å². The molecule has 1 heterocycles. The molecule has 162 valence electrons. The van der Waals surface area contributed by atoms with Crippen molar-refractivity contribution in [3.05, 3.63) is 48.5 Å². The summed E-state index contributed by atoms with van der Waals surface area (Å²) < 4.78 is 64.0. The fraction of sp³-hybridized carbons (Fsp3) is 0.0625. The van der Waals surface area contributed by atoms with E-state index in [-0.39, 0.29) is 100 Å². The van der Waals surface area contributed by atoms with Crippen LogP contribution in [0.2, 0.25) is 0 Å². The zero-order valence-corrected chi connectivity index (χ0v) is 25.6. The quantitative estimate of drug-likeness (QED) is 0.211. The van der Waals surface area contributed by atoms with Crippen LogP contribution in [0.15, 0.2) is 73.7 Å². The van der Waals surface area contributed by atoms with Crippen molar-refractivity contribution >= 4 is 49.2 Å². The molecule has 2 aromatic rings. The Balaban J connectivity index is 0.00000363. The zero-order valence-electron chi connectivity index (χ0n) is 18.0. The maximum atomic E-state index is 12.6. The normalized spacial score (nSPS) is 15.7. The number of amides is 1. The topological polar surface area (TPSA) is 209 Å². The van der Waals surface area contributed by atoms with E-state index in [0.29, 0.717) is 5.01 Å². The van der Waals surface area contributed by atoms with E-state index in [1.165, 1.54) is 0 Å². The van der Waals surface area contributed by atoms with E-state index < -0.39 is 53.7 Å². The second kappa shape index (κ2) is 13.1. The van der Waals surface area contributed by atoms with Gasteiger partial charge in [0.2, 0.25) is 0 Å².